The summed E-state index contributed by atoms with van der Waals surface area (Å²) in [6.07, 6.45) is 0.990. The van der Waals surface area contributed by atoms with E-state index in [2.05, 4.69) is 27.8 Å². The summed E-state index contributed by atoms with van der Waals surface area (Å²) in [4.78, 5) is 0. The van der Waals surface area contributed by atoms with Crippen LogP contribution in [0.1, 0.15) is 32.1 Å². The lowest BCUT2D eigenvalue weighted by molar-refractivity contribution is 0.531. The normalized spacial score (nSPS) is 12.7. The number of hydrogen-bond donors (Lipinski definition) is 1. The predicted molar refractivity (Wildman–Crippen MR) is 75.8 cm³/mol. The van der Waals surface area contributed by atoms with Crippen LogP contribution in [0.25, 0.3) is 5.69 Å². The number of tetrazole rings is 1. The zero-order valence-corrected chi connectivity index (χ0v) is 12.6. The number of halogens is 3. The molecular formula is C12H14Cl2FN5. The minimum absolute atomic E-state index is 0.0814. The Morgan fingerprint density at radius 2 is 2.00 bits per heavy atom. The lowest BCUT2D eigenvalue weighted by Gasteiger charge is -2.14. The molecule has 0 fully saturated rings. The number of aromatic nitrogens is 4. The fourth-order valence-electron chi connectivity index (χ4n) is 1.81. The molecule has 1 aromatic heterocycles. The average Bonchev–Trinajstić information content (AvgIpc) is 2.83. The highest BCUT2D eigenvalue weighted by atomic mass is 35.5. The van der Waals surface area contributed by atoms with Crippen LogP contribution in [0.2, 0.25) is 10.0 Å². The molecule has 0 spiro atoms. The Balaban J connectivity index is 2.42. The zero-order valence-electron chi connectivity index (χ0n) is 11.1. The van der Waals surface area contributed by atoms with Crippen LogP contribution in [0.3, 0.4) is 0 Å². The second-order valence-electron chi connectivity index (χ2n) is 4.34. The molecule has 0 saturated heterocycles. The molecule has 2 aromatic rings. The second kappa shape index (κ2) is 6.47. The first kappa shape index (κ1) is 15.2. The summed E-state index contributed by atoms with van der Waals surface area (Å²) in [5, 5.41) is 15.1. The van der Waals surface area contributed by atoms with E-state index in [1.165, 1.54) is 16.8 Å². The number of hydrogen-bond acceptors (Lipinski definition) is 4. The summed E-state index contributed by atoms with van der Waals surface area (Å²) >= 11 is 12.1. The van der Waals surface area contributed by atoms with E-state index in [4.69, 9.17) is 23.2 Å². The molecule has 20 heavy (non-hydrogen) atoms. The van der Waals surface area contributed by atoms with Gasteiger partial charge in [-0.15, -0.1) is 5.10 Å². The van der Waals surface area contributed by atoms with E-state index < -0.39 is 5.82 Å². The lowest BCUT2D eigenvalue weighted by Crippen LogP contribution is -2.23. The van der Waals surface area contributed by atoms with Crippen molar-refractivity contribution < 1.29 is 4.39 Å². The Morgan fingerprint density at radius 3 is 2.60 bits per heavy atom. The third kappa shape index (κ3) is 3.08. The van der Waals surface area contributed by atoms with Crippen molar-refractivity contribution in [2.45, 2.75) is 26.3 Å². The second-order valence-corrected chi connectivity index (χ2v) is 5.16. The standard InChI is InChI=1S/C12H14Cl2FN5/c1-3-4-16-7(2)12-17-18-19-20(12)11-9(13)5-8(15)6-10(11)14/h5-7,16H,3-4H2,1-2H3. The fourth-order valence-corrected chi connectivity index (χ4v) is 2.43. The van der Waals surface area contributed by atoms with Gasteiger partial charge in [-0.2, -0.15) is 4.68 Å². The van der Waals surface area contributed by atoms with Crippen molar-refractivity contribution in [3.05, 3.63) is 33.8 Å². The molecule has 0 saturated carbocycles. The Hall–Kier alpha value is -1.24. The summed E-state index contributed by atoms with van der Waals surface area (Å²) in [5.74, 6) is 0.0596. The first-order valence-corrected chi connectivity index (χ1v) is 6.96. The molecule has 0 amide bonds. The van der Waals surface area contributed by atoms with Crippen molar-refractivity contribution in [2.24, 2.45) is 0 Å². The first-order chi connectivity index (χ1) is 9.54. The van der Waals surface area contributed by atoms with Gasteiger partial charge in [-0.1, -0.05) is 30.1 Å². The van der Waals surface area contributed by atoms with Crippen molar-refractivity contribution in [2.75, 3.05) is 6.54 Å². The van der Waals surface area contributed by atoms with Crippen LogP contribution in [0.4, 0.5) is 4.39 Å². The van der Waals surface area contributed by atoms with Gasteiger partial charge in [0, 0.05) is 0 Å². The van der Waals surface area contributed by atoms with Gasteiger partial charge in [0.05, 0.1) is 16.1 Å². The molecule has 1 aromatic carbocycles. The molecule has 2 rings (SSSR count). The maximum Gasteiger partial charge on any atom is 0.173 e. The molecule has 1 heterocycles. The number of benzene rings is 1. The number of nitrogens with zero attached hydrogens (tertiary/aromatic N) is 4. The summed E-state index contributed by atoms with van der Waals surface area (Å²) in [6, 6.07) is 2.28. The van der Waals surface area contributed by atoms with Gasteiger partial charge < -0.3 is 5.32 Å². The van der Waals surface area contributed by atoms with Crippen LogP contribution in [0.5, 0.6) is 0 Å². The van der Waals surface area contributed by atoms with E-state index in [1.54, 1.807) is 0 Å². The lowest BCUT2D eigenvalue weighted by atomic mass is 10.2. The van der Waals surface area contributed by atoms with Gasteiger partial charge in [0.2, 0.25) is 0 Å². The molecule has 8 heteroatoms. The van der Waals surface area contributed by atoms with Crippen molar-refractivity contribution in [3.63, 3.8) is 0 Å². The van der Waals surface area contributed by atoms with E-state index in [0.29, 0.717) is 11.5 Å². The Labute approximate surface area is 126 Å². The molecule has 1 atom stereocenters. The first-order valence-electron chi connectivity index (χ1n) is 6.21. The van der Waals surface area contributed by atoms with Crippen LogP contribution >= 0.6 is 23.2 Å². The topological polar surface area (TPSA) is 55.6 Å². The van der Waals surface area contributed by atoms with E-state index in [9.17, 15) is 4.39 Å². The Morgan fingerprint density at radius 1 is 1.35 bits per heavy atom. The van der Waals surface area contributed by atoms with Gasteiger partial charge in [0.25, 0.3) is 0 Å². The van der Waals surface area contributed by atoms with Crippen LogP contribution in [-0.2, 0) is 0 Å². The molecule has 0 aliphatic heterocycles. The molecule has 108 valence electrons. The monoisotopic (exact) mass is 317 g/mol. The van der Waals surface area contributed by atoms with Crippen molar-refractivity contribution >= 4 is 23.2 Å². The molecule has 0 aliphatic rings. The van der Waals surface area contributed by atoms with E-state index in [1.807, 2.05) is 6.92 Å². The summed E-state index contributed by atoms with van der Waals surface area (Å²) in [7, 11) is 0. The van der Waals surface area contributed by atoms with Gasteiger partial charge in [0.1, 0.15) is 11.5 Å². The van der Waals surface area contributed by atoms with E-state index in [-0.39, 0.29) is 16.1 Å². The summed E-state index contributed by atoms with van der Waals surface area (Å²) in [5.41, 5.74) is 0.375. The molecule has 1 unspecified atom stereocenters. The zero-order chi connectivity index (χ0) is 14.7. The highest BCUT2D eigenvalue weighted by molar-refractivity contribution is 6.37. The molecule has 0 radical (unpaired) electrons. The van der Waals surface area contributed by atoms with E-state index in [0.717, 1.165) is 13.0 Å². The quantitative estimate of drug-likeness (QED) is 0.920. The molecular weight excluding hydrogens is 304 g/mol. The van der Waals surface area contributed by atoms with Gasteiger partial charge >= 0.3 is 0 Å². The average molecular weight is 318 g/mol. The highest BCUT2D eigenvalue weighted by Crippen LogP contribution is 2.30. The SMILES string of the molecule is CCCNC(C)c1nnnn1-c1c(Cl)cc(F)cc1Cl. The fraction of sp³-hybridized carbons (Fsp3) is 0.417. The highest BCUT2D eigenvalue weighted by Gasteiger charge is 2.19. The van der Waals surface area contributed by atoms with Crippen LogP contribution in [0, 0.1) is 5.82 Å². The van der Waals surface area contributed by atoms with Gasteiger partial charge in [-0.25, -0.2) is 4.39 Å². The number of nitrogens with one attached hydrogen (secondary N) is 1. The maximum absolute atomic E-state index is 13.2. The van der Waals surface area contributed by atoms with E-state index >= 15 is 0 Å². The van der Waals surface area contributed by atoms with Crippen LogP contribution in [-0.4, -0.2) is 26.8 Å². The summed E-state index contributed by atoms with van der Waals surface area (Å²) in [6.45, 7) is 4.83. The Bertz CT molecular complexity index is 578. The third-order valence-electron chi connectivity index (χ3n) is 2.77. The largest absolute Gasteiger partial charge is 0.307 e. The number of rotatable bonds is 5. The van der Waals surface area contributed by atoms with Crippen molar-refractivity contribution in [1.82, 2.24) is 25.5 Å². The smallest absolute Gasteiger partial charge is 0.173 e. The molecule has 0 bridgehead atoms. The molecule has 0 aliphatic carbocycles. The van der Waals surface area contributed by atoms with Crippen LogP contribution in [0.15, 0.2) is 12.1 Å². The van der Waals surface area contributed by atoms with Crippen molar-refractivity contribution in [3.8, 4) is 5.69 Å². The van der Waals surface area contributed by atoms with Gasteiger partial charge in [-0.3, -0.25) is 0 Å². The Kier molecular flexibility index (Phi) is 4.91. The minimum Gasteiger partial charge on any atom is -0.307 e. The van der Waals surface area contributed by atoms with Crippen molar-refractivity contribution in [1.29, 1.82) is 0 Å². The maximum atomic E-state index is 13.2. The minimum atomic E-state index is -0.504. The molecule has 5 nitrogen and oxygen atoms in total. The van der Waals surface area contributed by atoms with Gasteiger partial charge in [0.15, 0.2) is 5.82 Å². The summed E-state index contributed by atoms with van der Waals surface area (Å²) < 4.78 is 14.7. The van der Waals surface area contributed by atoms with Crippen LogP contribution < -0.4 is 5.32 Å². The third-order valence-corrected chi connectivity index (χ3v) is 3.35. The predicted octanol–water partition coefficient (Wildman–Crippen LogP) is 3.17. The molecule has 1 N–H and O–H groups in total. The van der Waals surface area contributed by atoms with Gasteiger partial charge in [-0.05, 0) is 42.4 Å².